The minimum atomic E-state index is -3.68. The number of benzene rings is 2. The molecule has 0 atom stereocenters. The topological polar surface area (TPSA) is 66.5 Å². The summed E-state index contributed by atoms with van der Waals surface area (Å²) in [5, 5.41) is 0. The van der Waals surface area contributed by atoms with Crippen molar-refractivity contribution < 1.29 is 17.6 Å². The normalized spacial score (nSPS) is 15.4. The van der Waals surface area contributed by atoms with Gasteiger partial charge in [0.05, 0.1) is 4.90 Å². The Morgan fingerprint density at radius 2 is 1.68 bits per heavy atom. The lowest BCUT2D eigenvalue weighted by Gasteiger charge is -2.26. The minimum Gasteiger partial charge on any atom is -0.312 e. The van der Waals surface area contributed by atoms with Gasteiger partial charge in [-0.15, -0.1) is 0 Å². The smallest absolute Gasteiger partial charge is 0.240 e. The molecule has 0 aliphatic carbocycles. The van der Waals surface area contributed by atoms with Gasteiger partial charge in [0.25, 0.3) is 0 Å². The van der Waals surface area contributed by atoms with E-state index in [-0.39, 0.29) is 23.2 Å². The molecule has 1 heterocycles. The molecule has 1 aliphatic rings. The number of hydrogen-bond acceptors (Lipinski definition) is 3. The van der Waals surface area contributed by atoms with Crippen LogP contribution < -0.4 is 9.62 Å². The maximum Gasteiger partial charge on any atom is 0.240 e. The number of anilines is 1. The predicted molar refractivity (Wildman–Crippen MR) is 93.1 cm³/mol. The minimum absolute atomic E-state index is 0.0660. The highest BCUT2D eigenvalue weighted by atomic mass is 32.2. The Hall–Kier alpha value is -2.25. The van der Waals surface area contributed by atoms with Crippen LogP contribution in [0.2, 0.25) is 0 Å². The van der Waals surface area contributed by atoms with Gasteiger partial charge in [-0.1, -0.05) is 12.1 Å². The second kappa shape index (κ2) is 7.33. The largest absolute Gasteiger partial charge is 0.312 e. The molecule has 1 amide bonds. The highest BCUT2D eigenvalue weighted by molar-refractivity contribution is 7.89. The Labute approximate surface area is 146 Å². The second-order valence-corrected chi connectivity index (χ2v) is 7.71. The van der Waals surface area contributed by atoms with Crippen molar-refractivity contribution in [3.63, 3.8) is 0 Å². The Morgan fingerprint density at radius 3 is 2.32 bits per heavy atom. The molecule has 132 valence electrons. The third-order valence-electron chi connectivity index (χ3n) is 4.16. The summed E-state index contributed by atoms with van der Waals surface area (Å²) in [6.07, 6.45) is 2.37. The second-order valence-electron chi connectivity index (χ2n) is 5.95. The number of nitrogens with zero attached hydrogens (tertiary/aromatic N) is 1. The maximum atomic E-state index is 12.9. The summed E-state index contributed by atoms with van der Waals surface area (Å²) >= 11 is 0. The van der Waals surface area contributed by atoms with Gasteiger partial charge in [-0.05, 0) is 54.8 Å². The number of piperidine rings is 1. The van der Waals surface area contributed by atoms with Crippen molar-refractivity contribution in [1.82, 2.24) is 4.72 Å². The van der Waals surface area contributed by atoms with E-state index in [0.717, 1.165) is 12.8 Å². The molecule has 5 nitrogen and oxygen atoms in total. The number of carbonyl (C=O) groups is 1. The fourth-order valence-electron chi connectivity index (χ4n) is 2.75. The van der Waals surface area contributed by atoms with E-state index < -0.39 is 10.0 Å². The van der Waals surface area contributed by atoms with E-state index >= 15 is 0 Å². The molecule has 3 rings (SSSR count). The standard InChI is InChI=1S/C18H19FN2O3S/c19-15-6-4-14(5-7-15)13-20-25(23,24)17-10-8-16(9-11-17)21-12-2-1-3-18(21)22/h4-11,20H,1-3,12-13H2. The third-order valence-corrected chi connectivity index (χ3v) is 5.58. The number of carbonyl (C=O) groups excluding carboxylic acids is 1. The summed E-state index contributed by atoms with van der Waals surface area (Å²) in [5.41, 5.74) is 1.38. The number of rotatable bonds is 5. The molecule has 25 heavy (non-hydrogen) atoms. The molecule has 0 saturated carbocycles. The van der Waals surface area contributed by atoms with Crippen molar-refractivity contribution >= 4 is 21.6 Å². The van der Waals surface area contributed by atoms with Gasteiger partial charge < -0.3 is 4.90 Å². The zero-order valence-electron chi connectivity index (χ0n) is 13.6. The first kappa shape index (κ1) is 17.6. The lowest BCUT2D eigenvalue weighted by Crippen LogP contribution is -2.35. The van der Waals surface area contributed by atoms with Gasteiger partial charge in [0.15, 0.2) is 0 Å². The summed E-state index contributed by atoms with van der Waals surface area (Å²) in [5.74, 6) is -0.300. The quantitative estimate of drug-likeness (QED) is 0.889. The fraction of sp³-hybridized carbons (Fsp3) is 0.278. The van der Waals surface area contributed by atoms with E-state index in [1.807, 2.05) is 0 Å². The highest BCUT2D eigenvalue weighted by Crippen LogP contribution is 2.22. The van der Waals surface area contributed by atoms with E-state index in [1.165, 1.54) is 36.4 Å². The molecule has 0 bridgehead atoms. The molecule has 1 N–H and O–H groups in total. The molecule has 1 aliphatic heterocycles. The van der Waals surface area contributed by atoms with E-state index in [1.54, 1.807) is 17.0 Å². The van der Waals surface area contributed by atoms with Gasteiger partial charge in [-0.25, -0.2) is 17.5 Å². The Kier molecular flexibility index (Phi) is 5.15. The molecule has 0 spiro atoms. The van der Waals surface area contributed by atoms with Crippen molar-refractivity contribution in [2.75, 3.05) is 11.4 Å². The fourth-order valence-corrected chi connectivity index (χ4v) is 3.77. The lowest BCUT2D eigenvalue weighted by atomic mass is 10.1. The molecule has 2 aromatic carbocycles. The Morgan fingerprint density at radius 1 is 1.00 bits per heavy atom. The van der Waals surface area contributed by atoms with Gasteiger partial charge in [-0.3, -0.25) is 4.79 Å². The Balaban J connectivity index is 1.69. The summed E-state index contributed by atoms with van der Waals surface area (Å²) in [4.78, 5) is 13.7. The van der Waals surface area contributed by atoms with Crippen LogP contribution in [0.5, 0.6) is 0 Å². The number of sulfonamides is 1. The Bertz CT molecular complexity index is 849. The van der Waals surface area contributed by atoms with Crippen LogP contribution in [0.1, 0.15) is 24.8 Å². The molecule has 0 radical (unpaired) electrons. The van der Waals surface area contributed by atoms with Crippen LogP contribution >= 0.6 is 0 Å². The molecule has 2 aromatic rings. The summed E-state index contributed by atoms with van der Waals surface area (Å²) in [6, 6.07) is 11.9. The molecule has 0 unspecified atom stereocenters. The first-order chi connectivity index (χ1) is 12.0. The molecular formula is C18H19FN2O3S. The van der Waals surface area contributed by atoms with Gasteiger partial charge in [0.1, 0.15) is 5.82 Å². The molecule has 7 heteroatoms. The molecule has 1 saturated heterocycles. The number of amides is 1. The van der Waals surface area contributed by atoms with Crippen LogP contribution in [0.25, 0.3) is 0 Å². The number of nitrogens with one attached hydrogen (secondary N) is 1. The van der Waals surface area contributed by atoms with E-state index in [0.29, 0.717) is 24.2 Å². The van der Waals surface area contributed by atoms with Gasteiger partial charge >= 0.3 is 0 Å². The number of hydrogen-bond donors (Lipinski definition) is 1. The van der Waals surface area contributed by atoms with Crippen molar-refractivity contribution in [2.45, 2.75) is 30.7 Å². The van der Waals surface area contributed by atoms with Crippen molar-refractivity contribution in [1.29, 1.82) is 0 Å². The lowest BCUT2D eigenvalue weighted by molar-refractivity contribution is -0.119. The molecule has 1 fully saturated rings. The van der Waals surface area contributed by atoms with Crippen LogP contribution in [0.15, 0.2) is 53.4 Å². The van der Waals surface area contributed by atoms with E-state index in [2.05, 4.69) is 4.72 Å². The first-order valence-corrected chi connectivity index (χ1v) is 9.58. The summed E-state index contributed by atoms with van der Waals surface area (Å²) in [6.45, 7) is 0.739. The number of halogens is 1. The zero-order valence-corrected chi connectivity index (χ0v) is 14.4. The van der Waals surface area contributed by atoms with Gasteiger partial charge in [0, 0.05) is 25.2 Å². The van der Waals surface area contributed by atoms with Crippen LogP contribution in [0.4, 0.5) is 10.1 Å². The summed E-state index contributed by atoms with van der Waals surface area (Å²) < 4.78 is 40.1. The highest BCUT2D eigenvalue weighted by Gasteiger charge is 2.20. The average molecular weight is 362 g/mol. The van der Waals surface area contributed by atoms with E-state index in [9.17, 15) is 17.6 Å². The zero-order chi connectivity index (χ0) is 17.9. The third kappa shape index (κ3) is 4.24. The van der Waals surface area contributed by atoms with Crippen LogP contribution in [-0.4, -0.2) is 20.9 Å². The predicted octanol–water partition coefficient (Wildman–Crippen LogP) is 2.82. The van der Waals surface area contributed by atoms with Crippen LogP contribution in [-0.2, 0) is 21.4 Å². The van der Waals surface area contributed by atoms with Crippen molar-refractivity contribution in [3.8, 4) is 0 Å². The SMILES string of the molecule is O=C1CCCCN1c1ccc(S(=O)(=O)NCc2ccc(F)cc2)cc1. The first-order valence-electron chi connectivity index (χ1n) is 8.10. The van der Waals surface area contributed by atoms with Crippen LogP contribution in [0.3, 0.4) is 0 Å². The maximum absolute atomic E-state index is 12.9. The van der Waals surface area contributed by atoms with Crippen molar-refractivity contribution in [3.05, 3.63) is 59.9 Å². The van der Waals surface area contributed by atoms with Gasteiger partial charge in [-0.2, -0.15) is 0 Å². The average Bonchev–Trinajstić information content (AvgIpc) is 2.62. The van der Waals surface area contributed by atoms with Crippen molar-refractivity contribution in [2.24, 2.45) is 0 Å². The van der Waals surface area contributed by atoms with Crippen LogP contribution in [0, 0.1) is 5.82 Å². The molecule has 0 aromatic heterocycles. The summed E-state index contributed by atoms with van der Waals surface area (Å²) in [7, 11) is -3.68. The molecular weight excluding hydrogens is 343 g/mol. The monoisotopic (exact) mass is 362 g/mol. The van der Waals surface area contributed by atoms with E-state index in [4.69, 9.17) is 0 Å². The van der Waals surface area contributed by atoms with Gasteiger partial charge in [0.2, 0.25) is 15.9 Å².